The standard InChI is InChI=1S/C14H18FN5O2S/c1-8-12(7-23-19-8)14(21)16-4-11-3-10(15)5-20(11)6-13-17-9(2)22-18-13/h7,10-11H,3-6H2,1-2H3,(H,16,21)/t10-,11-/m0/s1. The van der Waals surface area contributed by atoms with Gasteiger partial charge >= 0.3 is 0 Å². The van der Waals surface area contributed by atoms with Crippen molar-refractivity contribution in [2.45, 2.75) is 39.0 Å². The third-order valence-electron chi connectivity index (χ3n) is 3.88. The van der Waals surface area contributed by atoms with Crippen LogP contribution in [0.2, 0.25) is 0 Å². The summed E-state index contributed by atoms with van der Waals surface area (Å²) in [6, 6.07) is -0.0837. The van der Waals surface area contributed by atoms with Gasteiger partial charge in [-0.25, -0.2) is 4.39 Å². The monoisotopic (exact) mass is 339 g/mol. The Kier molecular flexibility index (Phi) is 4.67. The van der Waals surface area contributed by atoms with E-state index in [1.54, 1.807) is 19.2 Å². The van der Waals surface area contributed by atoms with Crippen LogP contribution in [0.25, 0.3) is 0 Å². The van der Waals surface area contributed by atoms with Gasteiger partial charge < -0.3 is 9.84 Å². The van der Waals surface area contributed by atoms with Gasteiger partial charge in [-0.2, -0.15) is 9.36 Å². The molecule has 1 aliphatic heterocycles. The summed E-state index contributed by atoms with van der Waals surface area (Å²) in [7, 11) is 0. The van der Waals surface area contributed by atoms with Gasteiger partial charge in [0.05, 0.1) is 17.8 Å². The lowest BCUT2D eigenvalue weighted by molar-refractivity contribution is 0.0939. The number of aromatic nitrogens is 3. The average Bonchev–Trinajstić information content (AvgIpc) is 3.18. The second kappa shape index (κ2) is 6.71. The summed E-state index contributed by atoms with van der Waals surface area (Å²) < 4.78 is 22.8. The van der Waals surface area contributed by atoms with E-state index < -0.39 is 6.17 Å². The smallest absolute Gasteiger partial charge is 0.254 e. The van der Waals surface area contributed by atoms with Crippen LogP contribution in [0.15, 0.2) is 9.90 Å². The van der Waals surface area contributed by atoms with Gasteiger partial charge in [0.15, 0.2) is 5.82 Å². The Hall–Kier alpha value is -1.87. The number of hydrogen-bond donors (Lipinski definition) is 1. The zero-order chi connectivity index (χ0) is 16.4. The van der Waals surface area contributed by atoms with Gasteiger partial charge in [-0.1, -0.05) is 5.16 Å². The van der Waals surface area contributed by atoms with Crippen molar-refractivity contribution >= 4 is 17.4 Å². The molecule has 9 heteroatoms. The number of carbonyl (C=O) groups excluding carboxylic acids is 1. The van der Waals surface area contributed by atoms with Crippen LogP contribution in [0.1, 0.15) is 34.2 Å². The van der Waals surface area contributed by atoms with Crippen molar-refractivity contribution in [2.24, 2.45) is 0 Å². The zero-order valence-corrected chi connectivity index (χ0v) is 13.8. The van der Waals surface area contributed by atoms with Crippen molar-refractivity contribution < 1.29 is 13.7 Å². The molecule has 0 aliphatic carbocycles. The van der Waals surface area contributed by atoms with E-state index in [1.165, 1.54) is 11.5 Å². The summed E-state index contributed by atoms with van der Waals surface area (Å²) in [5.41, 5.74) is 1.28. The average molecular weight is 339 g/mol. The van der Waals surface area contributed by atoms with E-state index in [2.05, 4.69) is 19.8 Å². The molecule has 124 valence electrons. The van der Waals surface area contributed by atoms with Crippen molar-refractivity contribution in [2.75, 3.05) is 13.1 Å². The van der Waals surface area contributed by atoms with E-state index in [0.717, 1.165) is 0 Å². The Labute approximate surface area is 137 Å². The molecule has 2 aromatic rings. The third kappa shape index (κ3) is 3.73. The number of hydrogen-bond acceptors (Lipinski definition) is 7. The Morgan fingerprint density at radius 3 is 3.04 bits per heavy atom. The molecule has 3 heterocycles. The van der Waals surface area contributed by atoms with Gasteiger partial charge in [-0.15, -0.1) is 0 Å². The molecule has 1 aliphatic rings. The van der Waals surface area contributed by atoms with Gasteiger partial charge in [-0.05, 0) is 24.9 Å². The zero-order valence-electron chi connectivity index (χ0n) is 13.0. The van der Waals surface area contributed by atoms with Crippen LogP contribution in [0.5, 0.6) is 0 Å². The number of nitrogens with one attached hydrogen (secondary N) is 1. The molecule has 0 saturated carbocycles. The summed E-state index contributed by atoms with van der Waals surface area (Å²) in [6.45, 7) is 4.62. The van der Waals surface area contributed by atoms with Crippen molar-refractivity contribution in [3.05, 3.63) is 28.4 Å². The molecule has 0 unspecified atom stereocenters. The molecule has 1 amide bonds. The number of rotatable bonds is 5. The summed E-state index contributed by atoms with van der Waals surface area (Å²) in [5.74, 6) is 0.848. The molecule has 1 N–H and O–H groups in total. The van der Waals surface area contributed by atoms with Gasteiger partial charge in [0, 0.05) is 31.4 Å². The first-order chi connectivity index (χ1) is 11.0. The van der Waals surface area contributed by atoms with E-state index in [0.29, 0.717) is 49.0 Å². The summed E-state index contributed by atoms with van der Waals surface area (Å²) in [5, 5.41) is 8.43. The van der Waals surface area contributed by atoms with Crippen LogP contribution < -0.4 is 5.32 Å². The van der Waals surface area contributed by atoms with Gasteiger partial charge in [0.1, 0.15) is 6.17 Å². The van der Waals surface area contributed by atoms with Gasteiger partial charge in [0.25, 0.3) is 5.91 Å². The van der Waals surface area contributed by atoms with Gasteiger partial charge in [-0.3, -0.25) is 9.69 Å². The van der Waals surface area contributed by atoms with Crippen LogP contribution >= 0.6 is 11.5 Å². The minimum Gasteiger partial charge on any atom is -0.350 e. The molecule has 0 aromatic carbocycles. The van der Waals surface area contributed by atoms with Crippen LogP contribution in [0.3, 0.4) is 0 Å². The highest BCUT2D eigenvalue weighted by Crippen LogP contribution is 2.22. The molecule has 2 aromatic heterocycles. The minimum absolute atomic E-state index is 0.0837. The maximum atomic E-state index is 13.8. The number of amides is 1. The number of nitrogens with zero attached hydrogens (tertiary/aromatic N) is 4. The second-order valence-electron chi connectivity index (χ2n) is 5.67. The maximum Gasteiger partial charge on any atom is 0.254 e. The van der Waals surface area contributed by atoms with Crippen molar-refractivity contribution in [1.82, 2.24) is 24.7 Å². The molecule has 0 spiro atoms. The number of alkyl halides is 1. The topological polar surface area (TPSA) is 84.2 Å². The first kappa shape index (κ1) is 16.0. The van der Waals surface area contributed by atoms with E-state index in [4.69, 9.17) is 4.52 Å². The quantitative estimate of drug-likeness (QED) is 0.888. The predicted molar refractivity (Wildman–Crippen MR) is 81.9 cm³/mol. The first-order valence-electron chi connectivity index (χ1n) is 7.39. The molecule has 23 heavy (non-hydrogen) atoms. The minimum atomic E-state index is -0.908. The number of carbonyl (C=O) groups is 1. The molecular weight excluding hydrogens is 321 g/mol. The fourth-order valence-electron chi connectivity index (χ4n) is 2.73. The van der Waals surface area contributed by atoms with Gasteiger partial charge in [0.2, 0.25) is 5.89 Å². The molecule has 7 nitrogen and oxygen atoms in total. The van der Waals surface area contributed by atoms with E-state index in [9.17, 15) is 9.18 Å². The Balaban J connectivity index is 1.59. The summed E-state index contributed by atoms with van der Waals surface area (Å²) in [6.07, 6.45) is -0.521. The van der Waals surface area contributed by atoms with Crippen molar-refractivity contribution in [1.29, 1.82) is 0 Å². The SMILES string of the molecule is Cc1nc(CN2C[C@@H](F)C[C@H]2CNC(=O)c2csnc2C)no1. The fraction of sp³-hybridized carbons (Fsp3) is 0.571. The number of halogens is 1. The second-order valence-corrected chi connectivity index (χ2v) is 6.30. The molecular formula is C14H18FN5O2S. The maximum absolute atomic E-state index is 13.8. The number of aryl methyl sites for hydroxylation is 2. The molecule has 1 fully saturated rings. The van der Waals surface area contributed by atoms with Crippen LogP contribution in [-0.4, -0.2) is 50.6 Å². The lowest BCUT2D eigenvalue weighted by Crippen LogP contribution is -2.40. The molecule has 0 radical (unpaired) electrons. The highest BCUT2D eigenvalue weighted by atomic mass is 32.1. The third-order valence-corrected chi connectivity index (χ3v) is 4.60. The lowest BCUT2D eigenvalue weighted by Gasteiger charge is -2.22. The lowest BCUT2D eigenvalue weighted by atomic mass is 10.2. The van der Waals surface area contributed by atoms with E-state index in [-0.39, 0.29) is 11.9 Å². The van der Waals surface area contributed by atoms with E-state index in [1.807, 2.05) is 4.90 Å². The normalized spacial score (nSPS) is 21.7. The van der Waals surface area contributed by atoms with Crippen LogP contribution in [-0.2, 0) is 6.54 Å². The summed E-state index contributed by atoms with van der Waals surface area (Å²) >= 11 is 1.25. The summed E-state index contributed by atoms with van der Waals surface area (Å²) in [4.78, 5) is 18.2. The van der Waals surface area contributed by atoms with Crippen molar-refractivity contribution in [3.8, 4) is 0 Å². The molecule has 3 rings (SSSR count). The largest absolute Gasteiger partial charge is 0.350 e. The Morgan fingerprint density at radius 2 is 2.39 bits per heavy atom. The fourth-order valence-corrected chi connectivity index (χ4v) is 3.42. The predicted octanol–water partition coefficient (Wildman–Crippen LogP) is 1.49. The highest BCUT2D eigenvalue weighted by molar-refractivity contribution is 7.03. The van der Waals surface area contributed by atoms with Crippen molar-refractivity contribution in [3.63, 3.8) is 0 Å². The first-order valence-corrected chi connectivity index (χ1v) is 8.23. The highest BCUT2D eigenvalue weighted by Gasteiger charge is 2.33. The Morgan fingerprint density at radius 1 is 1.57 bits per heavy atom. The van der Waals surface area contributed by atoms with Crippen LogP contribution in [0.4, 0.5) is 4.39 Å². The molecule has 1 saturated heterocycles. The molecule has 2 atom stereocenters. The Bertz CT molecular complexity index is 688. The molecule has 0 bridgehead atoms. The number of likely N-dealkylation sites (tertiary alicyclic amines) is 1. The van der Waals surface area contributed by atoms with E-state index >= 15 is 0 Å². The van der Waals surface area contributed by atoms with Crippen LogP contribution in [0, 0.1) is 13.8 Å².